The Morgan fingerprint density at radius 1 is 1.24 bits per heavy atom. The van der Waals surface area contributed by atoms with E-state index in [1.54, 1.807) is 7.11 Å². The summed E-state index contributed by atoms with van der Waals surface area (Å²) in [5, 5.41) is 3.32. The minimum Gasteiger partial charge on any atom is -0.497 e. The van der Waals surface area contributed by atoms with Gasteiger partial charge in [-0.05, 0) is 54.9 Å². The summed E-state index contributed by atoms with van der Waals surface area (Å²) in [5.41, 5.74) is 3.47. The smallest absolute Gasteiger partial charge is 0.135 e. The van der Waals surface area contributed by atoms with Crippen LogP contribution < -0.4 is 15.0 Å². The first-order valence-corrected chi connectivity index (χ1v) is 7.19. The lowest BCUT2D eigenvalue weighted by Crippen LogP contribution is -2.15. The van der Waals surface area contributed by atoms with Gasteiger partial charge in [-0.15, -0.1) is 0 Å². The molecule has 112 valence electrons. The third kappa shape index (κ3) is 3.73. The molecule has 0 aliphatic rings. The molecular weight excluding hydrogens is 262 g/mol. The van der Waals surface area contributed by atoms with Crippen molar-refractivity contribution in [2.24, 2.45) is 0 Å². The zero-order valence-electron chi connectivity index (χ0n) is 13.2. The second kappa shape index (κ2) is 7.09. The van der Waals surface area contributed by atoms with Crippen molar-refractivity contribution in [1.82, 2.24) is 10.3 Å². The van der Waals surface area contributed by atoms with Gasteiger partial charge in [0.05, 0.1) is 7.11 Å². The largest absolute Gasteiger partial charge is 0.497 e. The Morgan fingerprint density at radius 2 is 1.95 bits per heavy atom. The molecule has 1 aromatic heterocycles. The fourth-order valence-corrected chi connectivity index (χ4v) is 2.27. The topological polar surface area (TPSA) is 37.4 Å². The van der Waals surface area contributed by atoms with Gasteiger partial charge in [-0.1, -0.05) is 6.92 Å². The molecular formula is C17H23N3O. The number of benzene rings is 1. The minimum absolute atomic E-state index is 0.858. The normalized spacial score (nSPS) is 10.5. The number of aromatic nitrogens is 1. The molecule has 1 N–H and O–H groups in total. The number of hydrogen-bond acceptors (Lipinski definition) is 4. The molecule has 0 saturated heterocycles. The molecule has 1 aromatic carbocycles. The van der Waals surface area contributed by atoms with Crippen LogP contribution in [0.1, 0.15) is 18.1 Å². The van der Waals surface area contributed by atoms with E-state index in [0.717, 1.165) is 30.3 Å². The average Bonchev–Trinajstić information content (AvgIpc) is 2.52. The van der Waals surface area contributed by atoms with Gasteiger partial charge in [0.1, 0.15) is 11.6 Å². The Hall–Kier alpha value is -2.07. The highest BCUT2D eigenvalue weighted by Crippen LogP contribution is 2.26. The molecule has 1 heterocycles. The molecule has 0 saturated carbocycles. The lowest BCUT2D eigenvalue weighted by Gasteiger charge is -2.21. The van der Waals surface area contributed by atoms with Crippen molar-refractivity contribution in [2.45, 2.75) is 20.4 Å². The summed E-state index contributed by atoms with van der Waals surface area (Å²) >= 11 is 0. The zero-order valence-corrected chi connectivity index (χ0v) is 13.2. The lowest BCUT2D eigenvalue weighted by atomic mass is 10.2. The number of aryl methyl sites for hydroxylation is 1. The van der Waals surface area contributed by atoms with Gasteiger partial charge in [-0.25, -0.2) is 4.98 Å². The molecule has 21 heavy (non-hydrogen) atoms. The Kier molecular flexibility index (Phi) is 5.17. The maximum Gasteiger partial charge on any atom is 0.135 e. The fraction of sp³-hybridized carbons (Fsp3) is 0.353. The van der Waals surface area contributed by atoms with Crippen LogP contribution >= 0.6 is 0 Å². The van der Waals surface area contributed by atoms with E-state index >= 15 is 0 Å². The predicted molar refractivity (Wildman–Crippen MR) is 87.4 cm³/mol. The molecule has 0 aliphatic carbocycles. The van der Waals surface area contributed by atoms with Gasteiger partial charge in [0.25, 0.3) is 0 Å². The SMILES string of the molecule is CCNCc1cnc(N(C)c2ccc(OC)cc2)c(C)c1. The Morgan fingerprint density at radius 3 is 2.52 bits per heavy atom. The van der Waals surface area contributed by atoms with Crippen LogP contribution in [0.3, 0.4) is 0 Å². The molecule has 0 spiro atoms. The number of rotatable bonds is 6. The van der Waals surface area contributed by atoms with Crippen LogP contribution in [-0.4, -0.2) is 25.7 Å². The van der Waals surface area contributed by atoms with Gasteiger partial charge < -0.3 is 15.0 Å². The monoisotopic (exact) mass is 285 g/mol. The third-order valence-electron chi connectivity index (χ3n) is 3.46. The van der Waals surface area contributed by atoms with E-state index in [9.17, 15) is 0 Å². The van der Waals surface area contributed by atoms with Crippen LogP contribution in [0, 0.1) is 6.92 Å². The van der Waals surface area contributed by atoms with Gasteiger partial charge >= 0.3 is 0 Å². The summed E-state index contributed by atoms with van der Waals surface area (Å²) in [7, 11) is 3.70. The fourth-order valence-electron chi connectivity index (χ4n) is 2.27. The van der Waals surface area contributed by atoms with Crippen molar-refractivity contribution in [3.63, 3.8) is 0 Å². The van der Waals surface area contributed by atoms with Crippen molar-refractivity contribution in [2.75, 3.05) is 25.6 Å². The van der Waals surface area contributed by atoms with Gasteiger partial charge in [0.15, 0.2) is 0 Å². The van der Waals surface area contributed by atoms with E-state index in [4.69, 9.17) is 4.74 Å². The second-order valence-electron chi connectivity index (χ2n) is 5.02. The van der Waals surface area contributed by atoms with Crippen LogP contribution in [-0.2, 0) is 6.54 Å². The van der Waals surface area contributed by atoms with Crippen molar-refractivity contribution in [3.05, 3.63) is 47.7 Å². The molecule has 2 aromatic rings. The highest BCUT2D eigenvalue weighted by atomic mass is 16.5. The number of anilines is 2. The first kappa shape index (κ1) is 15.3. The molecule has 2 rings (SSSR count). The first-order chi connectivity index (χ1) is 10.2. The van der Waals surface area contributed by atoms with Gasteiger partial charge in [-0.2, -0.15) is 0 Å². The molecule has 0 atom stereocenters. The van der Waals surface area contributed by atoms with E-state index in [-0.39, 0.29) is 0 Å². The summed E-state index contributed by atoms with van der Waals surface area (Å²) < 4.78 is 5.19. The van der Waals surface area contributed by atoms with Crippen molar-refractivity contribution in [3.8, 4) is 5.75 Å². The molecule has 0 fully saturated rings. The maximum atomic E-state index is 5.19. The van der Waals surface area contributed by atoms with Gasteiger partial charge in [0.2, 0.25) is 0 Å². The quantitative estimate of drug-likeness (QED) is 0.884. The zero-order chi connectivity index (χ0) is 15.2. The predicted octanol–water partition coefficient (Wildman–Crippen LogP) is 3.28. The molecule has 0 bridgehead atoms. The summed E-state index contributed by atoms with van der Waals surface area (Å²) in [4.78, 5) is 6.69. The maximum absolute atomic E-state index is 5.19. The number of nitrogens with zero attached hydrogens (tertiary/aromatic N) is 2. The molecule has 4 heteroatoms. The molecule has 0 aliphatic heterocycles. The summed E-state index contributed by atoms with van der Waals surface area (Å²) in [6.45, 7) is 6.02. The van der Waals surface area contributed by atoms with Crippen molar-refractivity contribution >= 4 is 11.5 Å². The molecule has 0 amide bonds. The van der Waals surface area contributed by atoms with Gasteiger partial charge in [0, 0.05) is 25.5 Å². The van der Waals surface area contributed by atoms with Crippen LogP contribution in [0.2, 0.25) is 0 Å². The average molecular weight is 285 g/mol. The number of ether oxygens (including phenoxy) is 1. The van der Waals surface area contributed by atoms with E-state index in [2.05, 4.69) is 35.1 Å². The van der Waals surface area contributed by atoms with Crippen molar-refractivity contribution in [1.29, 1.82) is 0 Å². The van der Waals surface area contributed by atoms with Crippen molar-refractivity contribution < 1.29 is 4.74 Å². The Balaban J connectivity index is 2.19. The number of methoxy groups -OCH3 is 1. The van der Waals surface area contributed by atoms with E-state index < -0.39 is 0 Å². The van der Waals surface area contributed by atoms with E-state index in [1.165, 1.54) is 11.1 Å². The molecule has 0 unspecified atom stereocenters. The second-order valence-corrected chi connectivity index (χ2v) is 5.02. The highest BCUT2D eigenvalue weighted by Gasteiger charge is 2.09. The van der Waals surface area contributed by atoms with Crippen LogP contribution in [0.15, 0.2) is 36.5 Å². The Labute approximate surface area is 126 Å². The Bertz CT molecular complexity index is 581. The number of pyridine rings is 1. The highest BCUT2D eigenvalue weighted by molar-refractivity contribution is 5.62. The number of nitrogens with one attached hydrogen (secondary N) is 1. The van der Waals surface area contributed by atoms with Crippen LogP contribution in [0.25, 0.3) is 0 Å². The van der Waals surface area contributed by atoms with Crippen LogP contribution in [0.5, 0.6) is 5.75 Å². The first-order valence-electron chi connectivity index (χ1n) is 7.19. The molecule has 4 nitrogen and oxygen atoms in total. The third-order valence-corrected chi connectivity index (χ3v) is 3.46. The lowest BCUT2D eigenvalue weighted by molar-refractivity contribution is 0.415. The standard InChI is InChI=1S/C17H23N3O/c1-5-18-11-14-10-13(2)17(19-12-14)20(3)15-6-8-16(21-4)9-7-15/h6-10,12,18H,5,11H2,1-4H3. The summed E-state index contributed by atoms with van der Waals surface area (Å²) in [5.74, 6) is 1.83. The van der Waals surface area contributed by atoms with E-state index in [1.807, 2.05) is 37.5 Å². The molecule has 0 radical (unpaired) electrons. The minimum atomic E-state index is 0.858. The van der Waals surface area contributed by atoms with Crippen LogP contribution in [0.4, 0.5) is 11.5 Å². The van der Waals surface area contributed by atoms with Gasteiger partial charge in [-0.3, -0.25) is 0 Å². The number of hydrogen-bond donors (Lipinski definition) is 1. The summed E-state index contributed by atoms with van der Waals surface area (Å²) in [6.07, 6.45) is 1.94. The van der Waals surface area contributed by atoms with E-state index in [0.29, 0.717) is 0 Å². The summed E-state index contributed by atoms with van der Waals surface area (Å²) in [6, 6.07) is 10.2.